The van der Waals surface area contributed by atoms with Crippen molar-refractivity contribution in [2.24, 2.45) is 0 Å². The molecular weight excluding hydrogens is 252 g/mol. The number of benzene rings is 1. The van der Waals surface area contributed by atoms with E-state index in [1.807, 2.05) is 19.9 Å². The third-order valence-corrected chi connectivity index (χ3v) is 3.59. The second-order valence-electron chi connectivity index (χ2n) is 5.22. The maximum atomic E-state index is 11.2. The molecular formula is C13H18O4S. The van der Waals surface area contributed by atoms with Crippen LogP contribution >= 0.6 is 0 Å². The molecule has 0 bridgehead atoms. The molecule has 0 fully saturated rings. The number of carboxylic acids is 1. The van der Waals surface area contributed by atoms with E-state index in [9.17, 15) is 13.2 Å². The highest BCUT2D eigenvalue weighted by atomic mass is 32.2. The third kappa shape index (κ3) is 4.49. The summed E-state index contributed by atoms with van der Waals surface area (Å²) in [7, 11) is -3.08. The standard InChI is InChI=1S/C13H18O4S/c1-13(2,8-12(14)15)11-6-4-5-10(7-11)9-18(3,16)17/h4-7H,8-9H2,1-3H3,(H,14,15). The van der Waals surface area contributed by atoms with Crippen molar-refractivity contribution in [2.45, 2.75) is 31.4 Å². The highest BCUT2D eigenvalue weighted by Crippen LogP contribution is 2.27. The van der Waals surface area contributed by atoms with Crippen molar-refractivity contribution in [1.82, 2.24) is 0 Å². The van der Waals surface area contributed by atoms with Gasteiger partial charge in [-0.15, -0.1) is 0 Å². The van der Waals surface area contributed by atoms with E-state index < -0.39 is 21.2 Å². The van der Waals surface area contributed by atoms with Gasteiger partial charge in [-0.25, -0.2) is 8.42 Å². The molecule has 0 heterocycles. The molecule has 0 saturated carbocycles. The van der Waals surface area contributed by atoms with Gasteiger partial charge in [0.2, 0.25) is 0 Å². The summed E-state index contributed by atoms with van der Waals surface area (Å²) in [5.74, 6) is -0.891. The molecule has 1 aromatic rings. The Morgan fingerprint density at radius 3 is 2.44 bits per heavy atom. The molecule has 0 aliphatic heterocycles. The van der Waals surface area contributed by atoms with Crippen LogP contribution in [0.4, 0.5) is 0 Å². The lowest BCUT2D eigenvalue weighted by molar-refractivity contribution is -0.138. The smallest absolute Gasteiger partial charge is 0.304 e. The zero-order valence-electron chi connectivity index (χ0n) is 10.8. The van der Waals surface area contributed by atoms with Crippen molar-refractivity contribution in [3.63, 3.8) is 0 Å². The van der Waals surface area contributed by atoms with Gasteiger partial charge < -0.3 is 5.11 Å². The van der Waals surface area contributed by atoms with Gasteiger partial charge in [-0.1, -0.05) is 38.1 Å². The summed E-state index contributed by atoms with van der Waals surface area (Å²) in [6.45, 7) is 3.67. The molecule has 0 atom stereocenters. The number of hydrogen-bond donors (Lipinski definition) is 1. The second kappa shape index (κ2) is 5.10. The zero-order valence-corrected chi connectivity index (χ0v) is 11.6. The van der Waals surface area contributed by atoms with Gasteiger partial charge in [0.25, 0.3) is 0 Å². The summed E-state index contributed by atoms with van der Waals surface area (Å²) < 4.78 is 22.5. The molecule has 4 nitrogen and oxygen atoms in total. The summed E-state index contributed by atoms with van der Waals surface area (Å²) in [5.41, 5.74) is 1.01. The Balaban J connectivity index is 3.05. The first-order valence-electron chi connectivity index (χ1n) is 5.59. The van der Waals surface area contributed by atoms with Gasteiger partial charge in [0.15, 0.2) is 9.84 Å². The topological polar surface area (TPSA) is 71.4 Å². The molecule has 18 heavy (non-hydrogen) atoms. The number of carbonyl (C=O) groups is 1. The molecule has 0 aliphatic carbocycles. The van der Waals surface area contributed by atoms with E-state index >= 15 is 0 Å². The van der Waals surface area contributed by atoms with Gasteiger partial charge in [0.1, 0.15) is 0 Å². The lowest BCUT2D eigenvalue weighted by atomic mass is 9.81. The molecule has 0 unspecified atom stereocenters. The second-order valence-corrected chi connectivity index (χ2v) is 7.37. The summed E-state index contributed by atoms with van der Waals surface area (Å²) in [4.78, 5) is 10.8. The lowest BCUT2D eigenvalue weighted by Crippen LogP contribution is -2.21. The Bertz CT molecular complexity index is 544. The average Bonchev–Trinajstić information content (AvgIpc) is 2.13. The normalized spacial score (nSPS) is 12.4. The number of sulfone groups is 1. The van der Waals surface area contributed by atoms with Gasteiger partial charge in [0.05, 0.1) is 12.2 Å². The molecule has 1 aromatic carbocycles. The molecule has 0 aromatic heterocycles. The maximum absolute atomic E-state index is 11.2. The Morgan fingerprint density at radius 1 is 1.33 bits per heavy atom. The predicted octanol–water partition coefficient (Wildman–Crippen LogP) is 1.98. The Morgan fingerprint density at radius 2 is 1.94 bits per heavy atom. The molecule has 0 spiro atoms. The van der Waals surface area contributed by atoms with Crippen LogP contribution in [0, 0.1) is 0 Å². The van der Waals surface area contributed by atoms with Crippen LogP contribution in [0.2, 0.25) is 0 Å². The van der Waals surface area contributed by atoms with E-state index in [1.54, 1.807) is 18.2 Å². The monoisotopic (exact) mass is 270 g/mol. The minimum Gasteiger partial charge on any atom is -0.481 e. The van der Waals surface area contributed by atoms with Crippen LogP contribution in [0.3, 0.4) is 0 Å². The van der Waals surface area contributed by atoms with Crippen LogP contribution in [-0.2, 0) is 25.8 Å². The highest BCUT2D eigenvalue weighted by molar-refractivity contribution is 7.89. The van der Waals surface area contributed by atoms with Crippen molar-refractivity contribution in [1.29, 1.82) is 0 Å². The number of hydrogen-bond acceptors (Lipinski definition) is 3. The van der Waals surface area contributed by atoms with E-state index in [4.69, 9.17) is 5.11 Å². The summed E-state index contributed by atoms with van der Waals surface area (Å²) >= 11 is 0. The van der Waals surface area contributed by atoms with E-state index in [1.165, 1.54) is 6.26 Å². The third-order valence-electron chi connectivity index (χ3n) is 2.73. The first-order chi connectivity index (χ1) is 8.10. The predicted molar refractivity (Wildman–Crippen MR) is 70.3 cm³/mol. The van der Waals surface area contributed by atoms with Crippen LogP contribution in [0.5, 0.6) is 0 Å². The minimum absolute atomic E-state index is 0.00925. The molecule has 100 valence electrons. The van der Waals surface area contributed by atoms with Crippen molar-refractivity contribution in [2.75, 3.05) is 6.26 Å². The molecule has 1 rings (SSSR count). The first kappa shape index (κ1) is 14.7. The van der Waals surface area contributed by atoms with Crippen LogP contribution < -0.4 is 0 Å². The number of rotatable bonds is 5. The molecule has 0 radical (unpaired) electrons. The van der Waals surface area contributed by atoms with Crippen molar-refractivity contribution >= 4 is 15.8 Å². The Hall–Kier alpha value is -1.36. The van der Waals surface area contributed by atoms with Crippen molar-refractivity contribution in [3.8, 4) is 0 Å². The fraction of sp³-hybridized carbons (Fsp3) is 0.462. The summed E-state index contributed by atoms with van der Waals surface area (Å²) in [6, 6.07) is 7.10. The van der Waals surface area contributed by atoms with Crippen LogP contribution in [0.1, 0.15) is 31.4 Å². The van der Waals surface area contributed by atoms with E-state index in [2.05, 4.69) is 0 Å². The van der Waals surface area contributed by atoms with E-state index in [-0.39, 0.29) is 12.2 Å². The molecule has 0 saturated heterocycles. The number of carboxylic acid groups (broad SMARTS) is 1. The first-order valence-corrected chi connectivity index (χ1v) is 7.65. The van der Waals surface area contributed by atoms with Gasteiger partial charge in [-0.2, -0.15) is 0 Å². The maximum Gasteiger partial charge on any atom is 0.304 e. The Kier molecular flexibility index (Phi) is 4.16. The number of aliphatic carboxylic acids is 1. The largest absolute Gasteiger partial charge is 0.481 e. The summed E-state index contributed by atoms with van der Waals surface area (Å²) in [6.07, 6.45) is 1.19. The molecule has 1 N–H and O–H groups in total. The van der Waals surface area contributed by atoms with Crippen molar-refractivity contribution in [3.05, 3.63) is 35.4 Å². The average molecular weight is 270 g/mol. The van der Waals surface area contributed by atoms with Gasteiger partial charge >= 0.3 is 5.97 Å². The molecule has 0 aliphatic rings. The van der Waals surface area contributed by atoms with Crippen LogP contribution in [0.15, 0.2) is 24.3 Å². The van der Waals surface area contributed by atoms with Gasteiger partial charge in [0, 0.05) is 11.7 Å². The fourth-order valence-corrected chi connectivity index (χ4v) is 2.65. The quantitative estimate of drug-likeness (QED) is 0.888. The van der Waals surface area contributed by atoms with E-state index in [0.29, 0.717) is 5.56 Å². The van der Waals surface area contributed by atoms with Crippen molar-refractivity contribution < 1.29 is 18.3 Å². The highest BCUT2D eigenvalue weighted by Gasteiger charge is 2.24. The molecule has 0 amide bonds. The molecule has 5 heteroatoms. The van der Waals surface area contributed by atoms with Gasteiger partial charge in [-0.3, -0.25) is 4.79 Å². The summed E-state index contributed by atoms with van der Waals surface area (Å²) in [5, 5.41) is 8.87. The van der Waals surface area contributed by atoms with Crippen LogP contribution in [0.25, 0.3) is 0 Å². The minimum atomic E-state index is -3.08. The zero-order chi connectivity index (χ0) is 14.0. The fourth-order valence-electron chi connectivity index (χ4n) is 1.86. The van der Waals surface area contributed by atoms with Crippen LogP contribution in [-0.4, -0.2) is 25.7 Å². The SMILES string of the molecule is CC(C)(CC(=O)O)c1cccc(CS(C)(=O)=O)c1. The van der Waals surface area contributed by atoms with E-state index in [0.717, 1.165) is 5.56 Å². The lowest BCUT2D eigenvalue weighted by Gasteiger charge is -2.23. The van der Waals surface area contributed by atoms with Gasteiger partial charge in [-0.05, 0) is 11.1 Å². The Labute approximate surface area is 108 Å².